The van der Waals surface area contributed by atoms with E-state index in [0.717, 1.165) is 31.7 Å². The second-order valence-electron chi connectivity index (χ2n) is 7.50. The highest BCUT2D eigenvalue weighted by Gasteiger charge is 2.44. The molecule has 4 nitrogen and oxygen atoms in total. The quantitative estimate of drug-likeness (QED) is 0.729. The van der Waals surface area contributed by atoms with Gasteiger partial charge >= 0.3 is 0 Å². The molecule has 0 radical (unpaired) electrons. The predicted octanol–water partition coefficient (Wildman–Crippen LogP) is 2.80. The van der Waals surface area contributed by atoms with E-state index in [4.69, 9.17) is 0 Å². The van der Waals surface area contributed by atoms with E-state index in [1.807, 2.05) is 6.08 Å². The van der Waals surface area contributed by atoms with E-state index >= 15 is 0 Å². The van der Waals surface area contributed by atoms with Gasteiger partial charge in [0.05, 0.1) is 11.8 Å². The molecule has 2 rings (SSSR count). The summed E-state index contributed by atoms with van der Waals surface area (Å²) in [7, 11) is -4.66. The number of rotatable bonds is 5. The number of nitrogens with zero attached hydrogens (tertiary/aromatic N) is 1. The zero-order valence-corrected chi connectivity index (χ0v) is 15.4. The van der Waals surface area contributed by atoms with Crippen LogP contribution in [-0.4, -0.2) is 44.4 Å². The van der Waals surface area contributed by atoms with Gasteiger partial charge in [-0.25, -0.2) is 8.42 Å². The molecule has 0 aromatic carbocycles. The Kier molecular flexibility index (Phi) is 4.80. The zero-order valence-electron chi connectivity index (χ0n) is 13.6. The molecule has 0 aliphatic carbocycles. The third kappa shape index (κ3) is 3.84. The molecule has 6 heteroatoms. The first-order chi connectivity index (χ1) is 9.62. The second kappa shape index (κ2) is 5.97. The van der Waals surface area contributed by atoms with Gasteiger partial charge in [-0.05, 0) is 38.7 Å². The van der Waals surface area contributed by atoms with Gasteiger partial charge in [0, 0.05) is 19.7 Å². The summed E-state index contributed by atoms with van der Waals surface area (Å²) in [6, 6.07) is 0.668. The van der Waals surface area contributed by atoms with Crippen LogP contribution < -0.4 is 0 Å². The fraction of sp³-hybridized carbons (Fsp3) is 0.800. The summed E-state index contributed by atoms with van der Waals surface area (Å²) in [5.74, 6) is 0.258. The van der Waals surface area contributed by atoms with Crippen LogP contribution in [0, 0.1) is 0 Å². The van der Waals surface area contributed by atoms with Crippen LogP contribution in [0.2, 0.25) is 25.7 Å². The number of allylic oxidation sites excluding steroid dienone is 1. The number of carbonyl (C=O) groups is 1. The minimum absolute atomic E-state index is 0.0212. The summed E-state index contributed by atoms with van der Waals surface area (Å²) in [4.78, 5) is 11.8. The van der Waals surface area contributed by atoms with Crippen molar-refractivity contribution in [3.05, 3.63) is 11.6 Å². The fourth-order valence-electron chi connectivity index (χ4n) is 3.33. The first-order valence-corrected chi connectivity index (χ1v) is 13.2. The molecule has 2 aliphatic heterocycles. The average Bonchev–Trinajstić information content (AvgIpc) is 2.62. The molecule has 0 saturated carbocycles. The maximum atomic E-state index is 12.8. The van der Waals surface area contributed by atoms with Crippen LogP contribution in [0.15, 0.2) is 11.6 Å². The molecule has 1 fully saturated rings. The number of ketones is 1. The second-order valence-corrected chi connectivity index (χ2v) is 15.1. The minimum atomic E-state index is -3.27. The van der Waals surface area contributed by atoms with Gasteiger partial charge in [-0.1, -0.05) is 25.7 Å². The Labute approximate surface area is 129 Å². The third-order valence-corrected chi connectivity index (χ3v) is 8.53. The van der Waals surface area contributed by atoms with Crippen molar-refractivity contribution in [2.45, 2.75) is 70.4 Å². The van der Waals surface area contributed by atoms with Gasteiger partial charge in [0.2, 0.25) is 10.0 Å². The van der Waals surface area contributed by atoms with Gasteiger partial charge in [-0.2, -0.15) is 4.31 Å². The van der Waals surface area contributed by atoms with Crippen LogP contribution in [0.1, 0.15) is 32.6 Å². The monoisotopic (exact) mass is 329 g/mol. The van der Waals surface area contributed by atoms with Crippen molar-refractivity contribution in [1.29, 1.82) is 0 Å². The normalized spacial score (nSPS) is 27.3. The highest BCUT2D eigenvalue weighted by molar-refractivity contribution is 7.89. The molecule has 21 heavy (non-hydrogen) atoms. The maximum Gasteiger partial charge on any atom is 0.214 e. The predicted molar refractivity (Wildman–Crippen MR) is 88.6 cm³/mol. The number of sulfonamides is 1. The van der Waals surface area contributed by atoms with Crippen LogP contribution in [0.5, 0.6) is 0 Å². The molecule has 2 atom stereocenters. The SMILES string of the molecule is CC(=O)C1=CCCC2CCC1N2S(=O)(=O)CC[Si](C)(C)C. The van der Waals surface area contributed by atoms with Crippen molar-refractivity contribution in [3.63, 3.8) is 0 Å². The Bertz CT molecular complexity index is 548. The fourth-order valence-corrected chi connectivity index (χ4v) is 8.29. The lowest BCUT2D eigenvalue weighted by atomic mass is 9.98. The van der Waals surface area contributed by atoms with E-state index in [9.17, 15) is 13.2 Å². The smallest absolute Gasteiger partial charge is 0.214 e. The Morgan fingerprint density at radius 1 is 1.29 bits per heavy atom. The Morgan fingerprint density at radius 3 is 2.52 bits per heavy atom. The molecule has 2 bridgehead atoms. The first kappa shape index (κ1) is 16.9. The zero-order chi connectivity index (χ0) is 15.8. The first-order valence-electron chi connectivity index (χ1n) is 7.84. The number of hydrogen-bond acceptors (Lipinski definition) is 3. The van der Waals surface area contributed by atoms with Crippen molar-refractivity contribution in [3.8, 4) is 0 Å². The van der Waals surface area contributed by atoms with Crippen LogP contribution in [-0.2, 0) is 14.8 Å². The summed E-state index contributed by atoms with van der Waals surface area (Å²) >= 11 is 0. The number of carbonyl (C=O) groups excluding carboxylic acids is 1. The molecular formula is C15H27NO3SSi. The van der Waals surface area contributed by atoms with E-state index < -0.39 is 18.1 Å². The number of hydrogen-bond donors (Lipinski definition) is 0. The molecule has 0 aromatic rings. The van der Waals surface area contributed by atoms with E-state index in [2.05, 4.69) is 19.6 Å². The summed E-state index contributed by atoms with van der Waals surface area (Å²) in [6.45, 7) is 8.14. The molecule has 0 amide bonds. The van der Waals surface area contributed by atoms with Gasteiger partial charge in [0.15, 0.2) is 5.78 Å². The maximum absolute atomic E-state index is 12.8. The number of Topliss-reactive ketones (excluding diaryl/α,β-unsaturated/α-hetero) is 1. The standard InChI is InChI=1S/C15H27NO3SSi/c1-12(17)14-7-5-6-13-8-9-15(14)16(13)20(18,19)10-11-21(2,3)4/h7,13,15H,5-6,8-11H2,1-4H3. The molecule has 120 valence electrons. The largest absolute Gasteiger partial charge is 0.295 e. The van der Waals surface area contributed by atoms with Crippen molar-refractivity contribution in [2.24, 2.45) is 0 Å². The summed E-state index contributed by atoms with van der Waals surface area (Å²) < 4.78 is 27.3. The van der Waals surface area contributed by atoms with Crippen molar-refractivity contribution in [1.82, 2.24) is 4.31 Å². The van der Waals surface area contributed by atoms with Gasteiger partial charge in [-0.15, -0.1) is 0 Å². The third-order valence-electron chi connectivity index (χ3n) is 4.50. The molecular weight excluding hydrogens is 302 g/mol. The topological polar surface area (TPSA) is 54.5 Å². The van der Waals surface area contributed by atoms with Gasteiger partial charge in [0.1, 0.15) is 0 Å². The summed E-state index contributed by atoms with van der Waals surface area (Å²) in [6.07, 6.45) is 5.31. The molecule has 2 heterocycles. The highest BCUT2D eigenvalue weighted by atomic mass is 32.2. The van der Waals surface area contributed by atoms with E-state index in [0.29, 0.717) is 5.57 Å². The lowest BCUT2D eigenvalue weighted by Crippen LogP contribution is -2.44. The molecule has 1 saturated heterocycles. The van der Waals surface area contributed by atoms with E-state index in [-0.39, 0.29) is 23.6 Å². The number of fused-ring (bicyclic) bond motifs is 2. The molecule has 2 aliphatic rings. The highest BCUT2D eigenvalue weighted by Crippen LogP contribution is 2.37. The molecule has 0 spiro atoms. The molecule has 0 aromatic heterocycles. The van der Waals surface area contributed by atoms with Crippen LogP contribution in [0.25, 0.3) is 0 Å². The van der Waals surface area contributed by atoms with Crippen molar-refractivity contribution < 1.29 is 13.2 Å². The molecule has 0 N–H and O–H groups in total. The van der Waals surface area contributed by atoms with Gasteiger partial charge in [-0.3, -0.25) is 4.79 Å². The average molecular weight is 330 g/mol. The van der Waals surface area contributed by atoms with Crippen molar-refractivity contribution >= 4 is 23.9 Å². The Morgan fingerprint density at radius 2 is 1.95 bits per heavy atom. The molecule has 2 unspecified atom stereocenters. The van der Waals surface area contributed by atoms with Crippen LogP contribution in [0.4, 0.5) is 0 Å². The summed E-state index contributed by atoms with van der Waals surface area (Å²) in [5, 5.41) is 0. The van der Waals surface area contributed by atoms with Crippen molar-refractivity contribution in [2.75, 3.05) is 5.75 Å². The lowest BCUT2D eigenvalue weighted by molar-refractivity contribution is -0.114. The van der Waals surface area contributed by atoms with E-state index in [1.165, 1.54) is 0 Å². The van der Waals surface area contributed by atoms with Crippen LogP contribution in [0.3, 0.4) is 0 Å². The summed E-state index contributed by atoms with van der Waals surface area (Å²) in [5.41, 5.74) is 0.714. The minimum Gasteiger partial charge on any atom is -0.295 e. The Hall–Kier alpha value is -0.463. The lowest BCUT2D eigenvalue weighted by Gasteiger charge is -2.29. The Balaban J connectivity index is 2.25. The van der Waals surface area contributed by atoms with Crippen LogP contribution >= 0.6 is 0 Å². The van der Waals surface area contributed by atoms with Gasteiger partial charge < -0.3 is 0 Å². The van der Waals surface area contributed by atoms with E-state index in [1.54, 1.807) is 11.2 Å². The van der Waals surface area contributed by atoms with Gasteiger partial charge in [0.25, 0.3) is 0 Å².